The van der Waals surface area contributed by atoms with Gasteiger partial charge in [0.1, 0.15) is 5.75 Å². The molecule has 1 aromatic carbocycles. The van der Waals surface area contributed by atoms with Crippen LogP contribution in [-0.4, -0.2) is 37.2 Å². The molecule has 1 aromatic rings. The summed E-state index contributed by atoms with van der Waals surface area (Å²) in [5.41, 5.74) is 1.36. The van der Waals surface area contributed by atoms with Crippen molar-refractivity contribution in [2.24, 2.45) is 0 Å². The molecule has 1 aliphatic rings. The van der Waals surface area contributed by atoms with Crippen LogP contribution in [0.25, 0.3) is 0 Å². The van der Waals surface area contributed by atoms with Crippen molar-refractivity contribution >= 4 is 0 Å². The van der Waals surface area contributed by atoms with Gasteiger partial charge in [0.2, 0.25) is 0 Å². The molecule has 0 saturated carbocycles. The van der Waals surface area contributed by atoms with E-state index in [4.69, 9.17) is 4.74 Å². The molecular weight excluding hydrogens is 212 g/mol. The zero-order valence-corrected chi connectivity index (χ0v) is 10.8. The predicted molar refractivity (Wildman–Crippen MR) is 70.4 cm³/mol. The van der Waals surface area contributed by atoms with Crippen molar-refractivity contribution < 1.29 is 4.74 Å². The Hall–Kier alpha value is -1.06. The molecule has 0 amide bonds. The van der Waals surface area contributed by atoms with Crippen molar-refractivity contribution in [3.63, 3.8) is 0 Å². The molecule has 0 aliphatic carbocycles. The van der Waals surface area contributed by atoms with Crippen LogP contribution < -0.4 is 10.1 Å². The third kappa shape index (κ3) is 3.72. The van der Waals surface area contributed by atoms with Gasteiger partial charge >= 0.3 is 0 Å². The van der Waals surface area contributed by atoms with Crippen molar-refractivity contribution in [3.05, 3.63) is 29.8 Å². The lowest BCUT2D eigenvalue weighted by atomic mass is 10.1. The smallest absolute Gasteiger partial charge is 0.119 e. The number of hydrogen-bond acceptors (Lipinski definition) is 3. The van der Waals surface area contributed by atoms with Crippen LogP contribution in [0.5, 0.6) is 5.75 Å². The van der Waals surface area contributed by atoms with Gasteiger partial charge in [-0.25, -0.2) is 0 Å². The third-order valence-corrected chi connectivity index (χ3v) is 3.09. The van der Waals surface area contributed by atoms with E-state index >= 15 is 0 Å². The van der Waals surface area contributed by atoms with Crippen molar-refractivity contribution in [1.29, 1.82) is 0 Å². The Morgan fingerprint density at radius 3 is 2.76 bits per heavy atom. The maximum Gasteiger partial charge on any atom is 0.119 e. The summed E-state index contributed by atoms with van der Waals surface area (Å²) in [6, 6.07) is 9.05. The molecule has 0 bridgehead atoms. The Bertz CT molecular complexity index is 337. The quantitative estimate of drug-likeness (QED) is 0.861. The van der Waals surface area contributed by atoms with Crippen LogP contribution in [-0.2, 0) is 6.54 Å². The average Bonchev–Trinajstić information content (AvgIpc) is 2.32. The minimum absolute atomic E-state index is 0.603. The molecule has 0 radical (unpaired) electrons. The van der Waals surface area contributed by atoms with Gasteiger partial charge in [0.15, 0.2) is 0 Å². The summed E-state index contributed by atoms with van der Waals surface area (Å²) in [4.78, 5) is 2.50. The zero-order valence-electron chi connectivity index (χ0n) is 10.8. The highest BCUT2D eigenvalue weighted by Gasteiger charge is 2.15. The number of nitrogens with zero attached hydrogens (tertiary/aromatic N) is 1. The third-order valence-electron chi connectivity index (χ3n) is 3.09. The number of nitrogens with one attached hydrogen (secondary N) is 1. The van der Waals surface area contributed by atoms with Gasteiger partial charge in [-0.3, -0.25) is 4.90 Å². The fraction of sp³-hybridized carbons (Fsp3) is 0.571. The number of benzene rings is 1. The molecule has 2 rings (SSSR count). The predicted octanol–water partition coefficient (Wildman–Crippen LogP) is 1.88. The van der Waals surface area contributed by atoms with Crippen LogP contribution in [0.2, 0.25) is 0 Å². The molecule has 1 saturated heterocycles. The lowest BCUT2D eigenvalue weighted by Crippen LogP contribution is -2.48. The second-order valence-electron chi connectivity index (χ2n) is 4.67. The fourth-order valence-electron chi connectivity index (χ4n) is 2.27. The van der Waals surface area contributed by atoms with Gasteiger partial charge in [0.25, 0.3) is 0 Å². The fourth-order valence-corrected chi connectivity index (χ4v) is 2.27. The minimum atomic E-state index is 0.603. The number of piperazine rings is 1. The first-order valence-electron chi connectivity index (χ1n) is 6.45. The first-order valence-corrected chi connectivity index (χ1v) is 6.45. The highest BCUT2D eigenvalue weighted by molar-refractivity contribution is 5.27. The first-order chi connectivity index (χ1) is 8.28. The molecule has 0 aromatic heterocycles. The summed E-state index contributed by atoms with van der Waals surface area (Å²) in [6.45, 7) is 9.39. The van der Waals surface area contributed by atoms with Gasteiger partial charge in [-0.05, 0) is 31.5 Å². The standard InChI is InChI=1S/C14H22N2O/c1-3-17-14-6-4-13(5-7-14)11-16-9-8-15-12(2)10-16/h4-7,12,15H,3,8-11H2,1-2H3/t12-/m0/s1. The van der Waals surface area contributed by atoms with Crippen LogP contribution in [0.15, 0.2) is 24.3 Å². The Kier molecular flexibility index (Phi) is 4.40. The zero-order chi connectivity index (χ0) is 12.1. The highest BCUT2D eigenvalue weighted by Crippen LogP contribution is 2.14. The summed E-state index contributed by atoms with van der Waals surface area (Å²) >= 11 is 0. The van der Waals surface area contributed by atoms with E-state index in [1.165, 1.54) is 5.56 Å². The van der Waals surface area contributed by atoms with Crippen LogP contribution in [0, 0.1) is 0 Å². The molecular formula is C14H22N2O. The minimum Gasteiger partial charge on any atom is -0.494 e. The average molecular weight is 234 g/mol. The van der Waals surface area contributed by atoms with Crippen LogP contribution >= 0.6 is 0 Å². The van der Waals surface area contributed by atoms with Crippen molar-refractivity contribution in [2.75, 3.05) is 26.2 Å². The SMILES string of the molecule is CCOc1ccc(CN2CCN[C@@H](C)C2)cc1. The van der Waals surface area contributed by atoms with Gasteiger partial charge in [0, 0.05) is 32.2 Å². The molecule has 1 heterocycles. The van der Waals surface area contributed by atoms with E-state index in [1.54, 1.807) is 0 Å². The molecule has 0 spiro atoms. The maximum absolute atomic E-state index is 5.44. The van der Waals surface area contributed by atoms with Gasteiger partial charge < -0.3 is 10.1 Å². The summed E-state index contributed by atoms with van der Waals surface area (Å²) in [7, 11) is 0. The van der Waals surface area contributed by atoms with E-state index in [9.17, 15) is 0 Å². The van der Waals surface area contributed by atoms with E-state index in [-0.39, 0.29) is 0 Å². The number of ether oxygens (including phenoxy) is 1. The first kappa shape index (κ1) is 12.4. The summed E-state index contributed by atoms with van der Waals surface area (Å²) in [5.74, 6) is 0.963. The molecule has 1 atom stereocenters. The molecule has 1 N–H and O–H groups in total. The number of hydrogen-bond donors (Lipinski definition) is 1. The van der Waals surface area contributed by atoms with Gasteiger partial charge in [0.05, 0.1) is 6.61 Å². The molecule has 1 fully saturated rings. The monoisotopic (exact) mass is 234 g/mol. The summed E-state index contributed by atoms with van der Waals surface area (Å²) in [5, 5.41) is 3.46. The summed E-state index contributed by atoms with van der Waals surface area (Å²) < 4.78 is 5.44. The summed E-state index contributed by atoms with van der Waals surface area (Å²) in [6.07, 6.45) is 0. The van der Waals surface area contributed by atoms with E-state index in [1.807, 2.05) is 6.92 Å². The molecule has 0 unspecified atom stereocenters. The van der Waals surface area contributed by atoms with E-state index < -0.39 is 0 Å². The Morgan fingerprint density at radius 1 is 1.35 bits per heavy atom. The normalized spacial score (nSPS) is 21.4. The van der Waals surface area contributed by atoms with Crippen molar-refractivity contribution in [1.82, 2.24) is 10.2 Å². The molecule has 3 nitrogen and oxygen atoms in total. The van der Waals surface area contributed by atoms with E-state index in [0.717, 1.165) is 38.5 Å². The molecule has 1 aliphatic heterocycles. The Balaban J connectivity index is 1.89. The molecule has 3 heteroatoms. The van der Waals surface area contributed by atoms with Crippen LogP contribution in [0.4, 0.5) is 0 Å². The van der Waals surface area contributed by atoms with E-state index in [2.05, 4.69) is 41.4 Å². The topological polar surface area (TPSA) is 24.5 Å². The number of rotatable bonds is 4. The maximum atomic E-state index is 5.44. The van der Waals surface area contributed by atoms with Crippen molar-refractivity contribution in [3.8, 4) is 5.75 Å². The highest BCUT2D eigenvalue weighted by atomic mass is 16.5. The Morgan fingerprint density at radius 2 is 2.12 bits per heavy atom. The van der Waals surface area contributed by atoms with Gasteiger partial charge in [-0.15, -0.1) is 0 Å². The van der Waals surface area contributed by atoms with Crippen LogP contribution in [0.1, 0.15) is 19.4 Å². The van der Waals surface area contributed by atoms with Crippen LogP contribution in [0.3, 0.4) is 0 Å². The van der Waals surface area contributed by atoms with Gasteiger partial charge in [-0.2, -0.15) is 0 Å². The van der Waals surface area contributed by atoms with E-state index in [0.29, 0.717) is 6.04 Å². The van der Waals surface area contributed by atoms with Gasteiger partial charge in [-0.1, -0.05) is 12.1 Å². The lowest BCUT2D eigenvalue weighted by molar-refractivity contribution is 0.199. The molecule has 94 valence electrons. The Labute approximate surface area is 104 Å². The largest absolute Gasteiger partial charge is 0.494 e. The second kappa shape index (κ2) is 6.03. The molecule has 17 heavy (non-hydrogen) atoms. The second-order valence-corrected chi connectivity index (χ2v) is 4.67. The lowest BCUT2D eigenvalue weighted by Gasteiger charge is -2.31. The van der Waals surface area contributed by atoms with Crippen molar-refractivity contribution in [2.45, 2.75) is 26.4 Å².